The Kier molecular flexibility index (Phi) is 4.86. The molecular formula is C22H19FN2O3S. The number of ether oxygens (including phenoxy) is 1. The van der Waals surface area contributed by atoms with Crippen LogP contribution in [-0.4, -0.2) is 19.5 Å². The number of aromatic nitrogens is 1. The smallest absolute Gasteiger partial charge is 0.268 e. The number of methoxy groups -OCH3 is 1. The van der Waals surface area contributed by atoms with Gasteiger partial charge in [-0.05, 0) is 42.5 Å². The zero-order valence-electron chi connectivity index (χ0n) is 15.6. The molecule has 0 unspecified atom stereocenters. The monoisotopic (exact) mass is 410 g/mol. The first kappa shape index (κ1) is 19.2. The summed E-state index contributed by atoms with van der Waals surface area (Å²) in [6, 6.07) is 20.0. The number of nitrogens with two attached hydrogens (primary N) is 1. The Labute approximate surface area is 168 Å². The first-order valence-corrected chi connectivity index (χ1v) is 10.4. The van der Waals surface area contributed by atoms with Crippen LogP contribution in [0.5, 0.6) is 5.75 Å². The number of hydrogen-bond acceptors (Lipinski definition) is 4. The molecule has 0 spiro atoms. The fourth-order valence-corrected chi connectivity index (χ4v) is 5.02. The SMILES string of the molecule is COc1ccc(F)cc1[C@H](N)c1cc2ccccc2n1S(=O)(=O)c1ccccc1. The average Bonchev–Trinajstić information content (AvgIpc) is 3.14. The number of hydrogen-bond donors (Lipinski definition) is 1. The van der Waals surface area contributed by atoms with Gasteiger partial charge in [0, 0.05) is 10.9 Å². The fourth-order valence-electron chi connectivity index (χ4n) is 3.44. The maximum atomic E-state index is 13.9. The molecule has 148 valence electrons. The highest BCUT2D eigenvalue weighted by molar-refractivity contribution is 7.90. The van der Waals surface area contributed by atoms with Crippen LogP contribution < -0.4 is 10.5 Å². The highest BCUT2D eigenvalue weighted by Crippen LogP contribution is 2.34. The van der Waals surface area contributed by atoms with Crippen molar-refractivity contribution in [3.05, 3.63) is 95.9 Å². The normalized spacial score (nSPS) is 12.8. The largest absolute Gasteiger partial charge is 0.496 e. The number of para-hydroxylation sites is 1. The first-order chi connectivity index (χ1) is 13.9. The van der Waals surface area contributed by atoms with Gasteiger partial charge in [0.25, 0.3) is 10.0 Å². The van der Waals surface area contributed by atoms with Crippen LogP contribution in [0.3, 0.4) is 0 Å². The van der Waals surface area contributed by atoms with Gasteiger partial charge in [0.05, 0.1) is 29.3 Å². The molecule has 1 heterocycles. The lowest BCUT2D eigenvalue weighted by Crippen LogP contribution is -2.22. The van der Waals surface area contributed by atoms with E-state index in [-0.39, 0.29) is 4.90 Å². The molecule has 0 bridgehead atoms. The number of halogens is 1. The predicted octanol–water partition coefficient (Wildman–Crippen LogP) is 4.07. The summed E-state index contributed by atoms with van der Waals surface area (Å²) in [6.07, 6.45) is 0. The summed E-state index contributed by atoms with van der Waals surface area (Å²) < 4.78 is 47.5. The van der Waals surface area contributed by atoms with Crippen LogP contribution in [0.25, 0.3) is 10.9 Å². The third-order valence-corrected chi connectivity index (χ3v) is 6.58. The quantitative estimate of drug-likeness (QED) is 0.538. The van der Waals surface area contributed by atoms with E-state index in [1.54, 1.807) is 36.4 Å². The van der Waals surface area contributed by atoms with Gasteiger partial charge < -0.3 is 10.5 Å². The Morgan fingerprint density at radius 1 is 0.966 bits per heavy atom. The van der Waals surface area contributed by atoms with Crippen LogP contribution in [-0.2, 0) is 10.0 Å². The molecule has 2 N–H and O–H groups in total. The number of fused-ring (bicyclic) bond motifs is 1. The van der Waals surface area contributed by atoms with E-state index in [2.05, 4.69) is 0 Å². The van der Waals surface area contributed by atoms with E-state index < -0.39 is 21.9 Å². The van der Waals surface area contributed by atoms with Gasteiger partial charge in [-0.3, -0.25) is 0 Å². The minimum absolute atomic E-state index is 0.140. The predicted molar refractivity (Wildman–Crippen MR) is 110 cm³/mol. The zero-order chi connectivity index (χ0) is 20.6. The highest BCUT2D eigenvalue weighted by Gasteiger charge is 2.27. The highest BCUT2D eigenvalue weighted by atomic mass is 32.2. The number of nitrogens with zero attached hydrogens (tertiary/aromatic N) is 1. The maximum absolute atomic E-state index is 13.9. The van der Waals surface area contributed by atoms with E-state index in [1.165, 1.54) is 41.4 Å². The molecule has 0 aliphatic rings. The van der Waals surface area contributed by atoms with Crippen LogP contribution >= 0.6 is 0 Å². The second kappa shape index (κ2) is 7.35. The molecule has 5 nitrogen and oxygen atoms in total. The zero-order valence-corrected chi connectivity index (χ0v) is 16.4. The Balaban J connectivity index is 2.00. The summed E-state index contributed by atoms with van der Waals surface area (Å²) >= 11 is 0. The van der Waals surface area contributed by atoms with E-state index in [9.17, 15) is 12.8 Å². The summed E-state index contributed by atoms with van der Waals surface area (Å²) in [7, 11) is -2.48. The average molecular weight is 410 g/mol. The molecule has 7 heteroatoms. The molecule has 0 aliphatic heterocycles. The van der Waals surface area contributed by atoms with Crippen molar-refractivity contribution in [2.75, 3.05) is 7.11 Å². The second-order valence-electron chi connectivity index (χ2n) is 6.57. The van der Waals surface area contributed by atoms with Crippen LogP contribution in [0.15, 0.2) is 83.8 Å². The van der Waals surface area contributed by atoms with Crippen LogP contribution in [0.4, 0.5) is 4.39 Å². The van der Waals surface area contributed by atoms with Crippen LogP contribution in [0.2, 0.25) is 0 Å². The van der Waals surface area contributed by atoms with E-state index in [0.717, 1.165) is 0 Å². The lowest BCUT2D eigenvalue weighted by atomic mass is 10.0. The molecule has 0 radical (unpaired) electrons. The molecule has 0 saturated carbocycles. The molecule has 4 rings (SSSR count). The molecule has 29 heavy (non-hydrogen) atoms. The lowest BCUT2D eigenvalue weighted by molar-refractivity contribution is 0.406. The molecule has 0 amide bonds. The molecule has 4 aromatic rings. The van der Waals surface area contributed by atoms with Gasteiger partial charge >= 0.3 is 0 Å². The Bertz CT molecular complexity index is 1280. The minimum Gasteiger partial charge on any atom is -0.496 e. The van der Waals surface area contributed by atoms with Crippen molar-refractivity contribution in [3.63, 3.8) is 0 Å². The van der Waals surface area contributed by atoms with Gasteiger partial charge in [-0.25, -0.2) is 16.8 Å². The minimum atomic E-state index is -3.93. The molecule has 0 aliphatic carbocycles. The lowest BCUT2D eigenvalue weighted by Gasteiger charge is -2.19. The third kappa shape index (κ3) is 3.28. The summed E-state index contributed by atoms with van der Waals surface area (Å²) in [5.74, 6) is -0.0994. The van der Waals surface area contributed by atoms with Crippen LogP contribution in [0.1, 0.15) is 17.3 Å². The first-order valence-electron chi connectivity index (χ1n) is 8.93. The second-order valence-corrected chi connectivity index (χ2v) is 8.36. The van der Waals surface area contributed by atoms with Gasteiger partial charge in [0.2, 0.25) is 0 Å². The van der Waals surface area contributed by atoms with E-state index in [4.69, 9.17) is 10.5 Å². The number of benzene rings is 3. The van der Waals surface area contributed by atoms with E-state index >= 15 is 0 Å². The standard InChI is InChI=1S/C22H19FN2O3S/c1-28-21-12-11-16(23)14-18(21)22(24)20-13-15-7-5-6-10-19(15)25(20)29(26,27)17-8-3-2-4-9-17/h2-14,22H,24H2,1H3/t22-/m0/s1. The molecule has 1 aromatic heterocycles. The van der Waals surface area contributed by atoms with Crippen molar-refractivity contribution in [2.24, 2.45) is 5.73 Å². The van der Waals surface area contributed by atoms with Crippen molar-refractivity contribution >= 4 is 20.9 Å². The van der Waals surface area contributed by atoms with E-state index in [0.29, 0.717) is 27.9 Å². The summed E-state index contributed by atoms with van der Waals surface area (Å²) in [6.45, 7) is 0. The van der Waals surface area contributed by atoms with Crippen molar-refractivity contribution in [3.8, 4) is 5.75 Å². The van der Waals surface area contributed by atoms with Gasteiger partial charge in [-0.2, -0.15) is 0 Å². The molecule has 1 atom stereocenters. The van der Waals surface area contributed by atoms with Gasteiger partial charge in [-0.1, -0.05) is 36.4 Å². The van der Waals surface area contributed by atoms with Crippen molar-refractivity contribution in [1.29, 1.82) is 0 Å². The van der Waals surface area contributed by atoms with Gasteiger partial charge in [0.1, 0.15) is 11.6 Å². The summed E-state index contributed by atoms with van der Waals surface area (Å²) in [4.78, 5) is 0.140. The fraction of sp³-hybridized carbons (Fsp3) is 0.0909. The van der Waals surface area contributed by atoms with Crippen LogP contribution in [0, 0.1) is 5.82 Å². The third-order valence-electron chi connectivity index (χ3n) is 4.82. The van der Waals surface area contributed by atoms with E-state index in [1.807, 2.05) is 12.1 Å². The van der Waals surface area contributed by atoms with Crippen molar-refractivity contribution in [2.45, 2.75) is 10.9 Å². The van der Waals surface area contributed by atoms with Crippen molar-refractivity contribution < 1.29 is 17.5 Å². The van der Waals surface area contributed by atoms with Gasteiger partial charge in [-0.15, -0.1) is 0 Å². The molecule has 0 saturated heterocycles. The molecule has 0 fully saturated rings. The Morgan fingerprint density at radius 3 is 2.38 bits per heavy atom. The molecule has 3 aromatic carbocycles. The summed E-state index contributed by atoms with van der Waals surface area (Å²) in [5, 5.41) is 0.716. The maximum Gasteiger partial charge on any atom is 0.268 e. The molecular weight excluding hydrogens is 391 g/mol. The number of rotatable bonds is 5. The topological polar surface area (TPSA) is 74.3 Å². The summed E-state index contributed by atoms with van der Waals surface area (Å²) in [5.41, 5.74) is 7.65. The van der Waals surface area contributed by atoms with Gasteiger partial charge in [0.15, 0.2) is 0 Å². The Morgan fingerprint density at radius 2 is 1.66 bits per heavy atom. The Hall–Kier alpha value is -3.16. The van der Waals surface area contributed by atoms with Crippen molar-refractivity contribution in [1.82, 2.24) is 3.97 Å².